The van der Waals surface area contributed by atoms with Crippen LogP contribution in [0, 0.1) is 19.8 Å². The number of benzene rings is 1. The molecule has 3 rings (SSSR count). The smallest absolute Gasteiger partial charge is 0.224 e. The Labute approximate surface area is 141 Å². The average Bonchev–Trinajstić information content (AvgIpc) is 2.94. The number of hydrogen-bond donors (Lipinski definition) is 1. The Balaban J connectivity index is 1.69. The van der Waals surface area contributed by atoms with Gasteiger partial charge in [-0.25, -0.2) is 0 Å². The van der Waals surface area contributed by atoms with Crippen molar-refractivity contribution in [3.8, 4) is 0 Å². The molecule has 1 amide bonds. The van der Waals surface area contributed by atoms with E-state index >= 15 is 0 Å². The normalized spacial score (nSPS) is 18.3. The van der Waals surface area contributed by atoms with Crippen molar-refractivity contribution in [1.82, 2.24) is 5.32 Å². The lowest BCUT2D eigenvalue weighted by atomic mass is 10.0. The number of aryl methyl sites for hydroxylation is 2. The number of nitrogens with one attached hydrogen (secondary N) is 1. The maximum atomic E-state index is 12.2. The molecule has 0 radical (unpaired) electrons. The topological polar surface area (TPSA) is 51.5 Å². The van der Waals surface area contributed by atoms with E-state index in [1.54, 1.807) is 6.26 Å². The molecule has 23 heavy (non-hydrogen) atoms. The number of fused-ring (bicyclic) bond motifs is 1. The third-order valence-electron chi connectivity index (χ3n) is 4.49. The van der Waals surface area contributed by atoms with E-state index in [0.29, 0.717) is 18.9 Å². The number of carbonyl (C=O) groups excluding carboxylic acids is 1. The molecule has 1 atom stereocenters. The maximum absolute atomic E-state index is 12.2. The standard InChI is InChI=1S/C18H22ClNO3/c1-11-6-15-17(12(2)18(11)19)14(10-23-15)7-16(21)20-8-13-4-3-5-22-9-13/h6,10,13H,3-5,7-9H2,1-2H3,(H,20,21). The van der Waals surface area contributed by atoms with Crippen LogP contribution in [0.25, 0.3) is 11.0 Å². The molecule has 1 saturated heterocycles. The number of amides is 1. The van der Waals surface area contributed by atoms with Gasteiger partial charge in [-0.15, -0.1) is 0 Å². The van der Waals surface area contributed by atoms with Gasteiger partial charge in [-0.2, -0.15) is 0 Å². The van der Waals surface area contributed by atoms with Crippen molar-refractivity contribution in [3.63, 3.8) is 0 Å². The van der Waals surface area contributed by atoms with E-state index in [-0.39, 0.29) is 5.91 Å². The summed E-state index contributed by atoms with van der Waals surface area (Å²) in [6, 6.07) is 1.92. The number of hydrogen-bond acceptors (Lipinski definition) is 3. The zero-order chi connectivity index (χ0) is 16.4. The highest BCUT2D eigenvalue weighted by molar-refractivity contribution is 6.33. The summed E-state index contributed by atoms with van der Waals surface area (Å²) < 4.78 is 11.0. The van der Waals surface area contributed by atoms with Crippen LogP contribution in [0.2, 0.25) is 5.02 Å². The Morgan fingerprint density at radius 2 is 2.26 bits per heavy atom. The molecule has 2 aromatic rings. The van der Waals surface area contributed by atoms with Crippen LogP contribution < -0.4 is 5.32 Å². The molecule has 124 valence electrons. The molecular weight excluding hydrogens is 314 g/mol. The van der Waals surface area contributed by atoms with E-state index in [4.69, 9.17) is 20.8 Å². The minimum atomic E-state index is 0.00868. The van der Waals surface area contributed by atoms with Gasteiger partial charge in [0.25, 0.3) is 0 Å². The number of rotatable bonds is 4. The van der Waals surface area contributed by atoms with Gasteiger partial charge in [0, 0.05) is 29.1 Å². The Kier molecular flexibility index (Phi) is 4.93. The molecule has 1 unspecified atom stereocenters. The summed E-state index contributed by atoms with van der Waals surface area (Å²) in [4.78, 5) is 12.2. The second-order valence-corrected chi connectivity index (χ2v) is 6.71. The maximum Gasteiger partial charge on any atom is 0.224 e. The largest absolute Gasteiger partial charge is 0.464 e. The third kappa shape index (κ3) is 3.54. The van der Waals surface area contributed by atoms with Crippen LogP contribution in [0.1, 0.15) is 29.5 Å². The zero-order valence-corrected chi connectivity index (χ0v) is 14.3. The van der Waals surface area contributed by atoms with Crippen molar-refractivity contribution in [2.24, 2.45) is 5.92 Å². The number of carbonyl (C=O) groups is 1. The highest BCUT2D eigenvalue weighted by Crippen LogP contribution is 2.32. The van der Waals surface area contributed by atoms with Crippen LogP contribution in [0.3, 0.4) is 0 Å². The van der Waals surface area contributed by atoms with Gasteiger partial charge >= 0.3 is 0 Å². The van der Waals surface area contributed by atoms with Crippen molar-refractivity contribution >= 4 is 28.5 Å². The van der Waals surface area contributed by atoms with Gasteiger partial charge in [-0.05, 0) is 49.8 Å². The molecule has 1 aromatic carbocycles. The van der Waals surface area contributed by atoms with Crippen LogP contribution in [0.5, 0.6) is 0 Å². The summed E-state index contributed by atoms with van der Waals surface area (Å²) in [5.74, 6) is 0.432. The lowest BCUT2D eigenvalue weighted by Crippen LogP contribution is -2.34. The van der Waals surface area contributed by atoms with E-state index in [2.05, 4.69) is 5.32 Å². The van der Waals surface area contributed by atoms with Crippen LogP contribution >= 0.6 is 11.6 Å². The lowest BCUT2D eigenvalue weighted by molar-refractivity contribution is -0.120. The van der Waals surface area contributed by atoms with Crippen molar-refractivity contribution in [2.75, 3.05) is 19.8 Å². The molecule has 1 aliphatic heterocycles. The van der Waals surface area contributed by atoms with E-state index < -0.39 is 0 Å². The molecule has 4 nitrogen and oxygen atoms in total. The van der Waals surface area contributed by atoms with Crippen LogP contribution in [-0.4, -0.2) is 25.7 Å². The van der Waals surface area contributed by atoms with Gasteiger partial charge in [-0.1, -0.05) is 11.6 Å². The molecular formula is C18H22ClNO3. The second-order valence-electron chi connectivity index (χ2n) is 6.33. The molecule has 5 heteroatoms. The van der Waals surface area contributed by atoms with Gasteiger partial charge in [-0.3, -0.25) is 4.79 Å². The first kappa shape index (κ1) is 16.3. The molecule has 0 aliphatic carbocycles. The Morgan fingerprint density at radius 3 is 3.00 bits per heavy atom. The lowest BCUT2D eigenvalue weighted by Gasteiger charge is -2.22. The first-order chi connectivity index (χ1) is 11.1. The Morgan fingerprint density at radius 1 is 1.43 bits per heavy atom. The summed E-state index contributed by atoms with van der Waals surface area (Å²) in [5, 5.41) is 4.70. The minimum Gasteiger partial charge on any atom is -0.464 e. The Hall–Kier alpha value is -1.52. The van der Waals surface area contributed by atoms with E-state index in [9.17, 15) is 4.79 Å². The number of ether oxygens (including phenoxy) is 1. The van der Waals surface area contributed by atoms with Gasteiger partial charge in [0.2, 0.25) is 5.91 Å². The van der Waals surface area contributed by atoms with Crippen molar-refractivity contribution in [2.45, 2.75) is 33.1 Å². The van der Waals surface area contributed by atoms with Crippen molar-refractivity contribution < 1.29 is 13.9 Å². The molecule has 1 fully saturated rings. The van der Waals surface area contributed by atoms with Crippen LogP contribution in [-0.2, 0) is 16.0 Å². The molecule has 1 N–H and O–H groups in total. The minimum absolute atomic E-state index is 0.00868. The molecule has 0 saturated carbocycles. The van der Waals surface area contributed by atoms with Gasteiger partial charge in [0.05, 0.1) is 19.3 Å². The second kappa shape index (κ2) is 6.93. The third-order valence-corrected chi connectivity index (χ3v) is 5.07. The van der Waals surface area contributed by atoms with Gasteiger partial charge < -0.3 is 14.5 Å². The highest BCUT2D eigenvalue weighted by atomic mass is 35.5. The quantitative estimate of drug-likeness (QED) is 0.924. The number of furan rings is 1. The monoisotopic (exact) mass is 335 g/mol. The average molecular weight is 336 g/mol. The van der Waals surface area contributed by atoms with Gasteiger partial charge in [0.1, 0.15) is 5.58 Å². The summed E-state index contributed by atoms with van der Waals surface area (Å²) in [5.41, 5.74) is 3.63. The molecule has 2 heterocycles. The highest BCUT2D eigenvalue weighted by Gasteiger charge is 2.18. The van der Waals surface area contributed by atoms with Crippen LogP contribution in [0.15, 0.2) is 16.7 Å². The molecule has 1 aromatic heterocycles. The van der Waals surface area contributed by atoms with Crippen molar-refractivity contribution in [1.29, 1.82) is 0 Å². The predicted molar refractivity (Wildman–Crippen MR) is 91.0 cm³/mol. The molecule has 0 bridgehead atoms. The fraction of sp³-hybridized carbons (Fsp3) is 0.500. The van der Waals surface area contributed by atoms with E-state index in [1.165, 1.54) is 0 Å². The first-order valence-electron chi connectivity index (χ1n) is 8.06. The summed E-state index contributed by atoms with van der Waals surface area (Å²) in [7, 11) is 0. The summed E-state index contributed by atoms with van der Waals surface area (Å²) in [6.07, 6.45) is 4.16. The van der Waals surface area contributed by atoms with E-state index in [0.717, 1.165) is 58.7 Å². The molecule has 1 aliphatic rings. The summed E-state index contributed by atoms with van der Waals surface area (Å²) in [6.45, 7) is 6.17. The first-order valence-corrected chi connectivity index (χ1v) is 8.44. The summed E-state index contributed by atoms with van der Waals surface area (Å²) >= 11 is 6.33. The van der Waals surface area contributed by atoms with Crippen LogP contribution in [0.4, 0.5) is 0 Å². The van der Waals surface area contributed by atoms with Crippen molar-refractivity contribution in [3.05, 3.63) is 34.0 Å². The molecule has 0 spiro atoms. The SMILES string of the molecule is Cc1cc2occ(CC(=O)NCC3CCCOC3)c2c(C)c1Cl. The van der Waals surface area contributed by atoms with E-state index in [1.807, 2.05) is 19.9 Å². The van der Waals surface area contributed by atoms with Gasteiger partial charge in [0.15, 0.2) is 0 Å². The Bertz CT molecular complexity index is 717. The fourth-order valence-electron chi connectivity index (χ4n) is 3.20. The predicted octanol–water partition coefficient (Wildman–Crippen LogP) is 3.79. The zero-order valence-electron chi connectivity index (χ0n) is 13.6. The number of halogens is 1. The fourth-order valence-corrected chi connectivity index (χ4v) is 3.35.